The number of hydrogen-bond acceptors (Lipinski definition) is 2. The Balaban J connectivity index is 0.000000135. The van der Waals surface area contributed by atoms with Gasteiger partial charge in [-0.15, -0.1) is 0 Å². The van der Waals surface area contributed by atoms with E-state index in [2.05, 4.69) is 21.4 Å². The smallest absolute Gasteiger partial charge is 0.195 e. The molecule has 0 spiro atoms. The van der Waals surface area contributed by atoms with Crippen molar-refractivity contribution in [3.63, 3.8) is 0 Å². The molecule has 1 saturated carbocycles. The van der Waals surface area contributed by atoms with Crippen LogP contribution in [0.4, 0.5) is 0 Å². The van der Waals surface area contributed by atoms with E-state index in [0.717, 1.165) is 0 Å². The van der Waals surface area contributed by atoms with Gasteiger partial charge < -0.3 is 0 Å². The van der Waals surface area contributed by atoms with Crippen molar-refractivity contribution in [1.29, 1.82) is 0 Å². The summed E-state index contributed by atoms with van der Waals surface area (Å²) < 4.78 is 18.3. The zero-order valence-electron chi connectivity index (χ0n) is 4.10. The minimum absolute atomic E-state index is 1.50. The molecule has 1 aliphatic rings. The first kappa shape index (κ1) is 8.53. The molecule has 0 radical (unpaired) electrons. The highest BCUT2D eigenvalue weighted by Crippen LogP contribution is 2.14. The van der Waals surface area contributed by atoms with Crippen molar-refractivity contribution in [3.8, 4) is 0 Å². The Labute approximate surface area is 57.7 Å². The van der Waals surface area contributed by atoms with Gasteiger partial charge in [-0.25, -0.2) is 0 Å². The summed E-state index contributed by atoms with van der Waals surface area (Å²) in [4.78, 5) is 0. The second kappa shape index (κ2) is 3.54. The summed E-state index contributed by atoms with van der Waals surface area (Å²) in [6.45, 7) is 0. The molecule has 50 valence electrons. The molecule has 1 fully saturated rings. The van der Waals surface area contributed by atoms with Crippen molar-refractivity contribution < 1.29 is 8.42 Å². The SMILES string of the molecule is C1CC1.O=S(=O)(Cl)Cl. The van der Waals surface area contributed by atoms with Gasteiger partial charge in [0.2, 0.25) is 0 Å². The van der Waals surface area contributed by atoms with E-state index >= 15 is 0 Å². The molecule has 0 aromatic rings. The van der Waals surface area contributed by atoms with Crippen LogP contribution >= 0.6 is 21.4 Å². The molecular weight excluding hydrogens is 171 g/mol. The molecule has 0 aliphatic heterocycles. The van der Waals surface area contributed by atoms with Gasteiger partial charge in [0.1, 0.15) is 0 Å². The van der Waals surface area contributed by atoms with Crippen molar-refractivity contribution in [2.24, 2.45) is 0 Å². The van der Waals surface area contributed by atoms with Gasteiger partial charge in [-0.2, -0.15) is 8.42 Å². The predicted octanol–water partition coefficient (Wildman–Crippen LogP) is 1.88. The van der Waals surface area contributed by atoms with Crippen molar-refractivity contribution in [3.05, 3.63) is 0 Å². The average Bonchev–Trinajstić information content (AvgIpc) is 1.95. The van der Waals surface area contributed by atoms with E-state index in [1.807, 2.05) is 0 Å². The lowest BCUT2D eigenvalue weighted by Gasteiger charge is -1.61. The van der Waals surface area contributed by atoms with Crippen LogP contribution in [0.5, 0.6) is 0 Å². The van der Waals surface area contributed by atoms with E-state index in [1.54, 1.807) is 0 Å². The monoisotopic (exact) mass is 176 g/mol. The highest BCUT2D eigenvalue weighted by atomic mass is 36.0. The molecule has 0 aromatic heterocycles. The highest BCUT2D eigenvalue weighted by Gasteiger charge is 1.95. The summed E-state index contributed by atoms with van der Waals surface area (Å²) in [7, 11) is 4.81. The Morgan fingerprint density at radius 3 is 1.12 bits per heavy atom. The summed E-state index contributed by atoms with van der Waals surface area (Å²) in [5, 5.41) is 0. The van der Waals surface area contributed by atoms with Crippen molar-refractivity contribution in [1.82, 2.24) is 0 Å². The number of hydrogen-bond donors (Lipinski definition) is 0. The molecule has 0 atom stereocenters. The van der Waals surface area contributed by atoms with E-state index in [9.17, 15) is 0 Å². The van der Waals surface area contributed by atoms with Gasteiger partial charge in [0.25, 0.3) is 0 Å². The lowest BCUT2D eigenvalue weighted by Crippen LogP contribution is -1.63. The fraction of sp³-hybridized carbons (Fsp3) is 1.00. The molecule has 5 heteroatoms. The lowest BCUT2D eigenvalue weighted by atomic mass is 11.0. The van der Waals surface area contributed by atoms with Crippen LogP contribution in [0.1, 0.15) is 19.3 Å². The first-order valence-electron chi connectivity index (χ1n) is 2.14. The minimum atomic E-state index is -3.72. The van der Waals surface area contributed by atoms with Crippen LogP contribution in [0.25, 0.3) is 0 Å². The highest BCUT2D eigenvalue weighted by molar-refractivity contribution is 8.31. The molecule has 8 heavy (non-hydrogen) atoms. The van der Waals surface area contributed by atoms with Crippen molar-refractivity contribution in [2.75, 3.05) is 0 Å². The molecule has 0 saturated heterocycles. The molecule has 1 rings (SSSR count). The maximum Gasteiger partial charge on any atom is 0.317 e. The van der Waals surface area contributed by atoms with Gasteiger partial charge in [0.15, 0.2) is 0 Å². The standard InChI is InChI=1S/C3H6.Cl2O2S/c1-2-3-1;1-5(2,3)4/h1-3H2;. The maximum atomic E-state index is 9.16. The second-order valence-corrected chi connectivity index (χ2v) is 5.11. The number of halogens is 2. The molecule has 0 unspecified atom stereocenters. The molecule has 1 aliphatic carbocycles. The zero-order chi connectivity index (χ0) is 6.62. The fourth-order valence-corrected chi connectivity index (χ4v) is 0. The third-order valence-corrected chi connectivity index (χ3v) is 0.354. The Bertz CT molecular complexity index is 127. The fourth-order valence-electron chi connectivity index (χ4n) is 0. The van der Waals surface area contributed by atoms with E-state index in [4.69, 9.17) is 8.42 Å². The lowest BCUT2D eigenvalue weighted by molar-refractivity contribution is 0.621. The molecule has 0 aromatic carbocycles. The number of rotatable bonds is 0. The maximum absolute atomic E-state index is 9.16. The van der Waals surface area contributed by atoms with Gasteiger partial charge in [0, 0.05) is 21.4 Å². The topological polar surface area (TPSA) is 34.1 Å². The Hall–Kier alpha value is 0.530. The van der Waals surface area contributed by atoms with Crippen LogP contribution < -0.4 is 0 Å². The summed E-state index contributed by atoms with van der Waals surface area (Å²) >= 11 is 0. The minimum Gasteiger partial charge on any atom is -0.195 e. The summed E-state index contributed by atoms with van der Waals surface area (Å²) in [6.07, 6.45) is 4.50. The molecule has 0 bridgehead atoms. The van der Waals surface area contributed by atoms with E-state index in [1.165, 1.54) is 19.3 Å². The zero-order valence-corrected chi connectivity index (χ0v) is 6.43. The average molecular weight is 177 g/mol. The normalized spacial score (nSPS) is 16.2. The van der Waals surface area contributed by atoms with Gasteiger partial charge >= 0.3 is 8.26 Å². The molecular formula is C3H6Cl2O2S. The first-order valence-corrected chi connectivity index (χ1v) is 5.28. The third-order valence-electron chi connectivity index (χ3n) is 0.354. The Morgan fingerprint density at radius 2 is 1.12 bits per heavy atom. The van der Waals surface area contributed by atoms with E-state index < -0.39 is 8.26 Å². The van der Waals surface area contributed by atoms with E-state index in [0.29, 0.717) is 0 Å². The summed E-state index contributed by atoms with van der Waals surface area (Å²) in [6, 6.07) is 0. The molecule has 2 nitrogen and oxygen atoms in total. The second-order valence-electron chi connectivity index (χ2n) is 1.44. The predicted molar refractivity (Wildman–Crippen MR) is 34.5 cm³/mol. The third kappa shape index (κ3) is 85.3. The Kier molecular flexibility index (Phi) is 3.77. The van der Waals surface area contributed by atoms with Crippen LogP contribution in [0, 0.1) is 0 Å². The largest absolute Gasteiger partial charge is 0.317 e. The van der Waals surface area contributed by atoms with Crippen LogP contribution in [0.3, 0.4) is 0 Å². The van der Waals surface area contributed by atoms with Crippen LogP contribution in [0.15, 0.2) is 0 Å². The molecule has 0 N–H and O–H groups in total. The van der Waals surface area contributed by atoms with Crippen LogP contribution in [-0.2, 0) is 8.26 Å². The van der Waals surface area contributed by atoms with Crippen LogP contribution in [0.2, 0.25) is 0 Å². The van der Waals surface area contributed by atoms with Gasteiger partial charge in [-0.05, 0) is 0 Å². The van der Waals surface area contributed by atoms with Crippen molar-refractivity contribution in [2.45, 2.75) is 19.3 Å². The molecule has 0 amide bonds. The Morgan fingerprint density at radius 1 is 1.00 bits per heavy atom. The van der Waals surface area contributed by atoms with Crippen LogP contribution in [-0.4, -0.2) is 8.42 Å². The summed E-state index contributed by atoms with van der Waals surface area (Å²) in [5.41, 5.74) is 0. The molecule has 0 heterocycles. The summed E-state index contributed by atoms with van der Waals surface area (Å²) in [5.74, 6) is 0. The van der Waals surface area contributed by atoms with E-state index in [-0.39, 0.29) is 0 Å². The van der Waals surface area contributed by atoms with Crippen molar-refractivity contribution >= 4 is 29.6 Å². The van der Waals surface area contributed by atoms with Gasteiger partial charge in [0.05, 0.1) is 0 Å². The van der Waals surface area contributed by atoms with Gasteiger partial charge in [-0.1, -0.05) is 19.3 Å². The quantitative estimate of drug-likeness (QED) is 0.529. The first-order chi connectivity index (χ1) is 3.50. The van der Waals surface area contributed by atoms with Gasteiger partial charge in [-0.3, -0.25) is 0 Å².